The fourth-order valence-electron chi connectivity index (χ4n) is 4.49. The summed E-state index contributed by atoms with van der Waals surface area (Å²) in [5.74, 6) is 0. The first kappa shape index (κ1) is 27.2. The molecule has 0 aliphatic carbocycles. The van der Waals surface area contributed by atoms with Gasteiger partial charge in [0.25, 0.3) is 0 Å². The van der Waals surface area contributed by atoms with Crippen LogP contribution in [-0.2, 0) is 12.6 Å². The molecule has 2 heteroatoms. The Morgan fingerprint density at radius 2 is 1.10 bits per heavy atom. The van der Waals surface area contributed by atoms with Gasteiger partial charge in [-0.3, -0.25) is 0 Å². The normalized spacial score (nSPS) is 12.0. The summed E-state index contributed by atoms with van der Waals surface area (Å²) >= 11 is 2.08. The van der Waals surface area contributed by atoms with Crippen LogP contribution >= 0.6 is 18.6 Å². The Labute approximate surface area is 189 Å². The van der Waals surface area contributed by atoms with E-state index in [9.17, 15) is 0 Å². The van der Waals surface area contributed by atoms with Crippen LogP contribution in [0.3, 0.4) is 0 Å². The minimum atomic E-state index is -0.794. The molecule has 1 rings (SSSR count). The molecule has 0 saturated carbocycles. The summed E-state index contributed by atoms with van der Waals surface area (Å²) in [5.41, 5.74) is 1.63. The Morgan fingerprint density at radius 1 is 0.621 bits per heavy atom. The first-order valence-corrected chi connectivity index (χ1v) is 16.5. The predicted molar refractivity (Wildman–Crippen MR) is 141 cm³/mol. The van der Waals surface area contributed by atoms with E-state index in [-0.39, 0.29) is 0 Å². The van der Waals surface area contributed by atoms with Crippen molar-refractivity contribution in [2.45, 2.75) is 130 Å². The van der Waals surface area contributed by atoms with Gasteiger partial charge in [-0.05, 0) is 49.1 Å². The Balaban J connectivity index is 2.50. The molecule has 0 radical (unpaired) electrons. The molecule has 0 spiro atoms. The first-order valence-electron chi connectivity index (χ1n) is 13.1. The zero-order valence-corrected chi connectivity index (χ0v) is 22.2. The minimum Gasteiger partial charge on any atom is -0.145 e. The molecule has 0 amide bonds. The molecule has 29 heavy (non-hydrogen) atoms. The lowest BCUT2D eigenvalue weighted by Crippen LogP contribution is -2.11. The summed E-state index contributed by atoms with van der Waals surface area (Å²) in [6, 6.07) is 2.60. The van der Waals surface area contributed by atoms with Crippen LogP contribution in [0.4, 0.5) is 0 Å². The summed E-state index contributed by atoms with van der Waals surface area (Å²) in [4.78, 5) is 1.72. The van der Waals surface area contributed by atoms with Crippen molar-refractivity contribution in [3.63, 3.8) is 0 Å². The fraction of sp³-hybridized carbons (Fsp3) is 0.852. The van der Waals surface area contributed by atoms with Crippen LogP contribution in [0.2, 0.25) is 0 Å². The lowest BCUT2D eigenvalue weighted by atomic mass is 10.1. The highest BCUT2D eigenvalue weighted by Gasteiger charge is 2.36. The van der Waals surface area contributed by atoms with Crippen molar-refractivity contribution >= 4 is 18.6 Å². The van der Waals surface area contributed by atoms with Crippen LogP contribution < -0.4 is 0 Å². The Morgan fingerprint density at radius 3 is 1.62 bits per heavy atom. The molecule has 0 aliphatic rings. The van der Waals surface area contributed by atoms with Crippen molar-refractivity contribution < 1.29 is 0 Å². The number of hydrogen-bond donors (Lipinski definition) is 0. The number of rotatable bonds is 20. The highest BCUT2D eigenvalue weighted by molar-refractivity contribution is 7.75. The molecule has 0 fully saturated rings. The molecule has 170 valence electrons. The van der Waals surface area contributed by atoms with Gasteiger partial charge >= 0.3 is 0 Å². The standard InChI is InChI=1S/C27H52PS/c1-5-9-13-14-15-16-17-18-19-26-23-27(29-25-26)24-28(20-10-6-2,21-11-7-3)22-12-8-4/h23,25H,5-22,24H2,1-4H3/q+1. The maximum Gasteiger partial charge on any atom is 0.0935 e. The van der Waals surface area contributed by atoms with Crippen molar-refractivity contribution in [3.05, 3.63) is 21.9 Å². The molecule has 0 unspecified atom stereocenters. The number of hydrogen-bond acceptors (Lipinski definition) is 1. The molecule has 1 aromatic rings. The van der Waals surface area contributed by atoms with Gasteiger partial charge in [0.2, 0.25) is 0 Å². The predicted octanol–water partition coefficient (Wildman–Crippen LogP) is 10.3. The summed E-state index contributed by atoms with van der Waals surface area (Å²) < 4.78 is 0. The van der Waals surface area contributed by atoms with Crippen LogP contribution in [0.1, 0.15) is 128 Å². The third-order valence-electron chi connectivity index (χ3n) is 6.48. The van der Waals surface area contributed by atoms with E-state index in [4.69, 9.17) is 0 Å². The lowest BCUT2D eigenvalue weighted by Gasteiger charge is -2.27. The Bertz CT molecular complexity index is 457. The van der Waals surface area contributed by atoms with Crippen LogP contribution in [0.5, 0.6) is 0 Å². The molecule has 0 bridgehead atoms. The van der Waals surface area contributed by atoms with Crippen molar-refractivity contribution in [2.24, 2.45) is 0 Å². The lowest BCUT2D eigenvalue weighted by molar-refractivity contribution is 0.575. The molecule has 1 heterocycles. The minimum absolute atomic E-state index is 0.794. The van der Waals surface area contributed by atoms with Gasteiger partial charge < -0.3 is 0 Å². The molecule has 0 saturated heterocycles. The van der Waals surface area contributed by atoms with E-state index in [1.165, 1.54) is 102 Å². The monoisotopic (exact) mass is 439 g/mol. The summed E-state index contributed by atoms with van der Waals surface area (Å²) in [6.45, 7) is 9.43. The summed E-state index contributed by atoms with van der Waals surface area (Å²) in [5, 5.41) is 2.49. The molecule has 0 N–H and O–H groups in total. The maximum atomic E-state index is 2.60. The number of aryl methyl sites for hydroxylation is 1. The first-order chi connectivity index (χ1) is 14.2. The quantitative estimate of drug-likeness (QED) is 0.140. The molecule has 0 aliphatic heterocycles. The van der Waals surface area contributed by atoms with Crippen molar-refractivity contribution in [3.8, 4) is 0 Å². The molecular formula is C27H52PS+. The van der Waals surface area contributed by atoms with Gasteiger partial charge in [0.05, 0.1) is 24.6 Å². The van der Waals surface area contributed by atoms with Crippen LogP contribution in [-0.4, -0.2) is 18.5 Å². The average molecular weight is 440 g/mol. The van der Waals surface area contributed by atoms with Gasteiger partial charge in [-0.25, -0.2) is 0 Å². The van der Waals surface area contributed by atoms with Crippen molar-refractivity contribution in [1.29, 1.82) is 0 Å². The summed E-state index contributed by atoms with van der Waals surface area (Å²) in [7, 11) is -0.794. The molecular weight excluding hydrogens is 387 g/mol. The molecule has 0 aromatic carbocycles. The van der Waals surface area contributed by atoms with E-state index >= 15 is 0 Å². The van der Waals surface area contributed by atoms with E-state index in [1.54, 1.807) is 28.9 Å². The second kappa shape index (κ2) is 17.8. The summed E-state index contributed by atoms with van der Waals surface area (Å²) in [6.07, 6.45) is 27.3. The molecule has 0 nitrogen and oxygen atoms in total. The van der Waals surface area contributed by atoms with Crippen molar-refractivity contribution in [2.75, 3.05) is 18.5 Å². The van der Waals surface area contributed by atoms with E-state index in [1.807, 2.05) is 0 Å². The SMILES string of the molecule is CCCCCCCCCCc1csc(C[P+](CCCC)(CCCC)CCCC)c1. The van der Waals surface area contributed by atoms with Gasteiger partial charge in [0, 0.05) is 12.1 Å². The van der Waals surface area contributed by atoms with E-state index in [0.29, 0.717) is 0 Å². The largest absolute Gasteiger partial charge is 0.145 e. The van der Waals surface area contributed by atoms with Crippen LogP contribution in [0.15, 0.2) is 11.4 Å². The number of thiophene rings is 1. The van der Waals surface area contributed by atoms with Gasteiger partial charge in [-0.2, -0.15) is 0 Å². The smallest absolute Gasteiger partial charge is 0.0935 e. The topological polar surface area (TPSA) is 0 Å². The van der Waals surface area contributed by atoms with E-state index < -0.39 is 7.26 Å². The third kappa shape index (κ3) is 12.5. The Kier molecular flexibility index (Phi) is 16.6. The van der Waals surface area contributed by atoms with E-state index in [0.717, 1.165) is 0 Å². The van der Waals surface area contributed by atoms with Gasteiger partial charge in [0.1, 0.15) is 0 Å². The highest BCUT2D eigenvalue weighted by atomic mass is 32.1. The van der Waals surface area contributed by atoms with Gasteiger partial charge in [-0.15, -0.1) is 11.3 Å². The number of unbranched alkanes of at least 4 members (excludes halogenated alkanes) is 10. The van der Waals surface area contributed by atoms with Crippen LogP contribution in [0, 0.1) is 0 Å². The second-order valence-electron chi connectivity index (χ2n) is 9.38. The zero-order valence-electron chi connectivity index (χ0n) is 20.4. The van der Waals surface area contributed by atoms with Crippen molar-refractivity contribution in [1.82, 2.24) is 0 Å². The van der Waals surface area contributed by atoms with Crippen LogP contribution in [0.25, 0.3) is 0 Å². The molecule has 1 aromatic heterocycles. The fourth-order valence-corrected chi connectivity index (χ4v) is 11.2. The second-order valence-corrected chi connectivity index (χ2v) is 14.7. The van der Waals surface area contributed by atoms with Gasteiger partial charge in [-0.1, -0.05) is 91.9 Å². The average Bonchev–Trinajstić information content (AvgIpc) is 3.18. The van der Waals surface area contributed by atoms with Gasteiger partial charge in [0.15, 0.2) is 0 Å². The van der Waals surface area contributed by atoms with E-state index in [2.05, 4.69) is 50.5 Å². The maximum absolute atomic E-state index is 2.60. The highest BCUT2D eigenvalue weighted by Crippen LogP contribution is 2.63. The third-order valence-corrected chi connectivity index (χ3v) is 12.5. The Hall–Kier alpha value is 0.130. The molecule has 0 atom stereocenters. The zero-order chi connectivity index (χ0) is 21.2.